The van der Waals surface area contributed by atoms with Gasteiger partial charge < -0.3 is 9.84 Å². The molecule has 1 fully saturated rings. The van der Waals surface area contributed by atoms with Crippen molar-refractivity contribution in [2.24, 2.45) is 11.3 Å². The minimum absolute atomic E-state index is 0.0282. The van der Waals surface area contributed by atoms with Crippen molar-refractivity contribution in [1.82, 2.24) is 0 Å². The highest BCUT2D eigenvalue weighted by Gasteiger charge is 2.60. The third-order valence-corrected chi connectivity index (χ3v) is 6.85. The maximum Gasteiger partial charge on any atom is 0.309 e. The molecular weight excluding hydrogens is 360 g/mol. The van der Waals surface area contributed by atoms with E-state index in [1.54, 1.807) is 26.2 Å². The van der Waals surface area contributed by atoms with E-state index >= 15 is 0 Å². The fourth-order valence-corrected chi connectivity index (χ4v) is 6.08. The molecule has 0 aromatic heterocycles. The number of rotatable bonds is 2. The van der Waals surface area contributed by atoms with Gasteiger partial charge in [0.25, 0.3) is 0 Å². The van der Waals surface area contributed by atoms with E-state index < -0.39 is 16.2 Å². The number of fused-ring (bicyclic) bond motifs is 3. The fraction of sp³-hybridized carbons (Fsp3) is 0.556. The van der Waals surface area contributed by atoms with Gasteiger partial charge in [-0.15, -0.1) is 0 Å². The van der Waals surface area contributed by atoms with Gasteiger partial charge in [0.2, 0.25) is 0 Å². The van der Waals surface area contributed by atoms with Crippen LogP contribution in [0.15, 0.2) is 18.2 Å². The van der Waals surface area contributed by atoms with Crippen molar-refractivity contribution >= 4 is 27.7 Å². The first-order chi connectivity index (χ1) is 10.8. The lowest BCUT2D eigenvalue weighted by molar-refractivity contribution is -0.156. The van der Waals surface area contributed by atoms with Gasteiger partial charge in [-0.25, -0.2) is 0 Å². The van der Waals surface area contributed by atoms with E-state index in [9.17, 15) is 14.7 Å². The first-order valence-corrected chi connectivity index (χ1v) is 8.77. The molecule has 4 nitrogen and oxygen atoms in total. The van der Waals surface area contributed by atoms with Crippen LogP contribution in [0.2, 0.25) is 0 Å². The average Bonchev–Trinajstić information content (AvgIpc) is 2.52. The highest BCUT2D eigenvalue weighted by Crippen LogP contribution is 2.59. The van der Waals surface area contributed by atoms with Gasteiger partial charge >= 0.3 is 5.97 Å². The van der Waals surface area contributed by atoms with Crippen LogP contribution in [0.3, 0.4) is 0 Å². The molecule has 0 amide bonds. The summed E-state index contributed by atoms with van der Waals surface area (Å²) in [5.41, 5.74) is 0.324. The standard InChI is InChI=1S/C18H21BrO4/c1-17-7-4-8-18(2,16(21)22)15(17)13(19)14(20)11-6-5-10(23-3)9-12(11)17/h5-6,9,13,15H,4,7-8H2,1-3H3,(H,21,22)/t13-,15-,17+,18+/m1/s1. The summed E-state index contributed by atoms with van der Waals surface area (Å²) in [5.74, 6) is -0.433. The van der Waals surface area contributed by atoms with Gasteiger partial charge in [-0.2, -0.15) is 0 Å². The summed E-state index contributed by atoms with van der Waals surface area (Å²) in [5, 5.41) is 9.85. The Kier molecular flexibility index (Phi) is 3.82. The summed E-state index contributed by atoms with van der Waals surface area (Å²) in [4.78, 5) is 24.4. The van der Waals surface area contributed by atoms with Crippen molar-refractivity contribution in [3.8, 4) is 5.75 Å². The number of Topliss-reactive ketones (excluding diaryl/α,β-unsaturated/α-hetero) is 1. The van der Waals surface area contributed by atoms with Crippen LogP contribution in [0.1, 0.15) is 49.0 Å². The number of aliphatic carboxylic acids is 1. The van der Waals surface area contributed by atoms with Crippen LogP contribution in [0.4, 0.5) is 0 Å². The number of ketones is 1. The Hall–Kier alpha value is -1.36. The molecule has 4 atom stereocenters. The zero-order valence-corrected chi connectivity index (χ0v) is 15.1. The number of hydrogen-bond donors (Lipinski definition) is 1. The lowest BCUT2D eigenvalue weighted by Gasteiger charge is -2.54. The normalized spacial score (nSPS) is 36.1. The van der Waals surface area contributed by atoms with Gasteiger partial charge in [0.1, 0.15) is 5.75 Å². The SMILES string of the molecule is COc1ccc2c(c1)[C@]1(C)CCC[C@](C)(C(=O)O)[C@@H]1[C@H](Br)C2=O. The van der Waals surface area contributed by atoms with E-state index in [0.29, 0.717) is 17.7 Å². The molecule has 0 aliphatic heterocycles. The quantitative estimate of drug-likeness (QED) is 0.792. The number of carboxylic acid groups (broad SMARTS) is 1. The maximum atomic E-state index is 12.8. The second kappa shape index (κ2) is 5.33. The van der Waals surface area contributed by atoms with E-state index in [4.69, 9.17) is 4.74 Å². The molecule has 2 aliphatic carbocycles. The number of carboxylic acids is 1. The molecule has 0 unspecified atom stereocenters. The number of carbonyl (C=O) groups is 2. The number of alkyl halides is 1. The molecule has 0 bridgehead atoms. The number of halogens is 1. The van der Waals surface area contributed by atoms with Crippen LogP contribution in [-0.4, -0.2) is 28.8 Å². The zero-order chi connectivity index (χ0) is 17.0. The monoisotopic (exact) mass is 380 g/mol. The Labute approximate surface area is 144 Å². The zero-order valence-electron chi connectivity index (χ0n) is 13.6. The molecule has 0 heterocycles. The van der Waals surface area contributed by atoms with Crippen LogP contribution < -0.4 is 4.74 Å². The fourth-order valence-electron chi connectivity index (χ4n) is 4.66. The Morgan fingerprint density at radius 3 is 2.65 bits per heavy atom. The third kappa shape index (κ3) is 2.16. The van der Waals surface area contributed by atoms with Crippen LogP contribution in [0.5, 0.6) is 5.75 Å². The summed E-state index contributed by atoms with van der Waals surface area (Å²) in [6, 6.07) is 5.50. The summed E-state index contributed by atoms with van der Waals surface area (Å²) in [6.45, 7) is 3.88. The Balaban J connectivity index is 2.25. The van der Waals surface area contributed by atoms with Crippen molar-refractivity contribution in [3.05, 3.63) is 29.3 Å². The average molecular weight is 381 g/mol. The van der Waals surface area contributed by atoms with E-state index in [1.165, 1.54) is 0 Å². The van der Waals surface area contributed by atoms with Crippen LogP contribution in [0, 0.1) is 11.3 Å². The van der Waals surface area contributed by atoms with Gasteiger partial charge in [-0.1, -0.05) is 29.3 Å². The van der Waals surface area contributed by atoms with E-state index in [0.717, 1.165) is 18.4 Å². The number of hydrogen-bond acceptors (Lipinski definition) is 3. The van der Waals surface area contributed by atoms with Gasteiger partial charge in [-0.05, 0) is 48.9 Å². The Morgan fingerprint density at radius 1 is 1.35 bits per heavy atom. The number of methoxy groups -OCH3 is 1. The molecule has 3 rings (SSSR count). The van der Waals surface area contributed by atoms with Gasteiger partial charge in [0, 0.05) is 11.5 Å². The maximum absolute atomic E-state index is 12.8. The molecule has 1 N–H and O–H groups in total. The molecule has 1 aromatic rings. The minimum Gasteiger partial charge on any atom is -0.497 e. The van der Waals surface area contributed by atoms with Gasteiger partial charge in [0.15, 0.2) is 5.78 Å². The van der Waals surface area contributed by atoms with Crippen LogP contribution in [-0.2, 0) is 10.2 Å². The molecule has 2 aliphatic rings. The molecule has 1 saturated carbocycles. The highest BCUT2D eigenvalue weighted by atomic mass is 79.9. The summed E-state index contributed by atoms with van der Waals surface area (Å²) in [7, 11) is 1.60. The van der Waals surface area contributed by atoms with E-state index in [1.807, 2.05) is 6.07 Å². The van der Waals surface area contributed by atoms with Gasteiger partial charge in [-0.3, -0.25) is 9.59 Å². The molecule has 0 radical (unpaired) electrons. The lowest BCUT2D eigenvalue weighted by Crippen LogP contribution is -2.58. The number of benzene rings is 1. The summed E-state index contributed by atoms with van der Waals surface area (Å²) in [6.07, 6.45) is 2.30. The highest BCUT2D eigenvalue weighted by molar-refractivity contribution is 9.10. The van der Waals surface area contributed by atoms with Crippen LogP contribution in [0.25, 0.3) is 0 Å². The topological polar surface area (TPSA) is 63.6 Å². The first kappa shape index (κ1) is 16.5. The second-order valence-corrected chi connectivity index (χ2v) is 8.14. The summed E-state index contributed by atoms with van der Waals surface area (Å²) < 4.78 is 5.33. The number of ether oxygens (including phenoxy) is 1. The largest absolute Gasteiger partial charge is 0.497 e. The predicted molar refractivity (Wildman–Crippen MR) is 90.5 cm³/mol. The predicted octanol–water partition coefficient (Wildman–Crippen LogP) is 3.80. The number of carbonyl (C=O) groups excluding carboxylic acids is 1. The molecule has 0 spiro atoms. The first-order valence-electron chi connectivity index (χ1n) is 7.86. The minimum atomic E-state index is -0.919. The second-order valence-electron chi connectivity index (χ2n) is 7.15. The Bertz CT molecular complexity index is 686. The molecule has 5 heteroatoms. The van der Waals surface area contributed by atoms with Gasteiger partial charge in [0.05, 0.1) is 17.4 Å². The van der Waals surface area contributed by atoms with E-state index in [2.05, 4.69) is 22.9 Å². The third-order valence-electron chi connectivity index (χ3n) is 5.90. The van der Waals surface area contributed by atoms with Crippen molar-refractivity contribution in [1.29, 1.82) is 0 Å². The molecule has 124 valence electrons. The molecule has 1 aromatic carbocycles. The van der Waals surface area contributed by atoms with Crippen molar-refractivity contribution in [2.45, 2.75) is 43.4 Å². The molecular formula is C18H21BrO4. The van der Waals surface area contributed by atoms with Crippen molar-refractivity contribution < 1.29 is 19.4 Å². The van der Waals surface area contributed by atoms with E-state index in [-0.39, 0.29) is 17.1 Å². The Morgan fingerprint density at radius 2 is 2.04 bits per heavy atom. The van der Waals surface area contributed by atoms with Crippen molar-refractivity contribution in [2.75, 3.05) is 7.11 Å². The summed E-state index contributed by atoms with van der Waals surface area (Å²) >= 11 is 3.54. The smallest absolute Gasteiger partial charge is 0.309 e. The van der Waals surface area contributed by atoms with Crippen molar-refractivity contribution in [3.63, 3.8) is 0 Å². The molecule has 23 heavy (non-hydrogen) atoms. The lowest BCUT2D eigenvalue weighted by atomic mass is 9.49. The van der Waals surface area contributed by atoms with Crippen LogP contribution >= 0.6 is 15.9 Å². The molecule has 0 saturated heterocycles.